The average molecular weight is 322 g/mol. The summed E-state index contributed by atoms with van der Waals surface area (Å²) < 4.78 is 17.9. The van der Waals surface area contributed by atoms with Gasteiger partial charge in [0.1, 0.15) is 0 Å². The fraction of sp³-hybridized carbons (Fsp3) is 0.429. The van der Waals surface area contributed by atoms with Crippen LogP contribution in [-0.4, -0.2) is 58.6 Å². The number of hydrogen-bond acceptors (Lipinski definition) is 4. The van der Waals surface area contributed by atoms with Crippen LogP contribution in [-0.2, 0) is 11.3 Å². The Morgan fingerprint density at radius 3 is 2.05 bits per heavy atom. The fourth-order valence-electron chi connectivity index (χ4n) is 2.32. The van der Waals surface area contributed by atoms with Gasteiger partial charge in [0.05, 0.1) is 0 Å². The van der Waals surface area contributed by atoms with Crippen LogP contribution in [0.4, 0.5) is 0 Å². The predicted molar refractivity (Wildman–Crippen MR) is 75.5 cm³/mol. The molecule has 102 valence electrons. The van der Waals surface area contributed by atoms with Gasteiger partial charge in [-0.2, -0.15) is 0 Å². The van der Waals surface area contributed by atoms with Crippen LogP contribution in [0.1, 0.15) is 5.56 Å². The van der Waals surface area contributed by atoms with E-state index in [4.69, 9.17) is 11.3 Å². The number of hydrogen-bond donors (Lipinski definition) is 0. The van der Waals surface area contributed by atoms with Gasteiger partial charge in [0.25, 0.3) is 0 Å². The van der Waals surface area contributed by atoms with E-state index in [2.05, 4.69) is 28.0 Å². The molecule has 1 aromatic carbocycles. The first-order chi connectivity index (χ1) is 9.36. The second kappa shape index (κ2) is 6.20. The van der Waals surface area contributed by atoms with Gasteiger partial charge in [-0.05, 0) is 0 Å². The number of nitrogens with zero attached hydrogens (tertiary/aromatic N) is 1. The van der Waals surface area contributed by atoms with E-state index in [1.807, 2.05) is 18.2 Å². The summed E-state index contributed by atoms with van der Waals surface area (Å²) in [6.07, 6.45) is 2.07. The fourth-order valence-corrected chi connectivity index (χ4v) is 6.65. The zero-order valence-electron chi connectivity index (χ0n) is 11.0. The summed E-state index contributed by atoms with van der Waals surface area (Å²) in [5, 5.41) is 0. The molecule has 0 amide bonds. The molecule has 3 aliphatic heterocycles. The maximum atomic E-state index is 5.98. The SMILES string of the molecule is C(=[CH]/[Ge]12[O]CCN(CC[O]1)CC[O]2)/c1ccccc1. The number of benzene rings is 1. The molecule has 3 fully saturated rings. The first-order valence-electron chi connectivity index (χ1n) is 6.75. The normalized spacial score (nSPS) is 31.9. The molecule has 4 rings (SSSR count). The van der Waals surface area contributed by atoms with Crippen molar-refractivity contribution in [3.05, 3.63) is 40.8 Å². The average Bonchev–Trinajstić information content (AvgIpc) is 2.37. The number of fused-ring (bicyclic) bond motifs is 6. The molecule has 0 spiro atoms. The summed E-state index contributed by atoms with van der Waals surface area (Å²) >= 11 is -3.18. The zero-order chi connectivity index (χ0) is 13.0. The Balaban J connectivity index is 1.77. The predicted octanol–water partition coefficient (Wildman–Crippen LogP) is 1.56. The molecule has 0 radical (unpaired) electrons. The molecule has 3 aliphatic rings. The van der Waals surface area contributed by atoms with Gasteiger partial charge in [-0.15, -0.1) is 0 Å². The molecule has 1 aromatic rings. The number of rotatable bonds is 2. The van der Waals surface area contributed by atoms with Crippen molar-refractivity contribution in [3.8, 4) is 0 Å². The van der Waals surface area contributed by atoms with Crippen molar-refractivity contribution in [2.75, 3.05) is 39.5 Å². The van der Waals surface area contributed by atoms with E-state index in [0.717, 1.165) is 25.2 Å². The van der Waals surface area contributed by atoms with Gasteiger partial charge in [-0.1, -0.05) is 0 Å². The topological polar surface area (TPSA) is 30.9 Å². The molecule has 3 saturated heterocycles. The molecule has 2 bridgehead atoms. The Bertz CT molecular complexity index is 411. The van der Waals surface area contributed by atoms with E-state index in [0.29, 0.717) is 19.8 Å². The Morgan fingerprint density at radius 2 is 1.47 bits per heavy atom. The first-order valence-corrected chi connectivity index (χ1v) is 10.5. The van der Waals surface area contributed by atoms with E-state index >= 15 is 0 Å². The third-order valence-corrected chi connectivity index (χ3v) is 8.44. The minimum absolute atomic E-state index is 0.707. The molecular formula is C14H19GeNO3. The standard InChI is InChI=1S/C14H19GeNO3/c1-2-4-14(5-3-1)6-7-15-17-11-8-16(9-12-18-15)10-13-19-15/h1-7H,8-13H2/b7-6-. The van der Waals surface area contributed by atoms with Crippen molar-refractivity contribution < 1.29 is 11.3 Å². The molecule has 0 N–H and O–H groups in total. The van der Waals surface area contributed by atoms with E-state index in [1.165, 1.54) is 0 Å². The van der Waals surface area contributed by atoms with E-state index in [9.17, 15) is 0 Å². The van der Waals surface area contributed by atoms with E-state index in [1.54, 1.807) is 0 Å². The van der Waals surface area contributed by atoms with Gasteiger partial charge < -0.3 is 0 Å². The van der Waals surface area contributed by atoms with Crippen molar-refractivity contribution in [2.45, 2.75) is 0 Å². The van der Waals surface area contributed by atoms with Crippen LogP contribution in [0.2, 0.25) is 0 Å². The van der Waals surface area contributed by atoms with Crippen LogP contribution < -0.4 is 0 Å². The van der Waals surface area contributed by atoms with Crippen LogP contribution in [0.25, 0.3) is 6.08 Å². The molecule has 5 heteroatoms. The van der Waals surface area contributed by atoms with E-state index < -0.39 is 14.3 Å². The molecule has 0 saturated carbocycles. The maximum absolute atomic E-state index is 5.98. The second-order valence-corrected chi connectivity index (χ2v) is 9.78. The first kappa shape index (κ1) is 13.3. The summed E-state index contributed by atoms with van der Waals surface area (Å²) in [5.74, 6) is 0. The molecule has 4 nitrogen and oxygen atoms in total. The van der Waals surface area contributed by atoms with Crippen molar-refractivity contribution in [2.24, 2.45) is 0 Å². The van der Waals surface area contributed by atoms with Gasteiger partial charge in [0.15, 0.2) is 0 Å². The van der Waals surface area contributed by atoms with E-state index in [-0.39, 0.29) is 0 Å². The van der Waals surface area contributed by atoms with Gasteiger partial charge >= 0.3 is 117 Å². The summed E-state index contributed by atoms with van der Waals surface area (Å²) in [5.41, 5.74) is 1.16. The van der Waals surface area contributed by atoms with Crippen molar-refractivity contribution in [1.29, 1.82) is 0 Å². The molecule has 0 aliphatic carbocycles. The minimum atomic E-state index is -3.18. The molecule has 19 heavy (non-hydrogen) atoms. The summed E-state index contributed by atoms with van der Waals surface area (Å²) in [7, 11) is 0. The van der Waals surface area contributed by atoms with Gasteiger partial charge in [0.2, 0.25) is 0 Å². The second-order valence-electron chi connectivity index (χ2n) is 4.73. The van der Waals surface area contributed by atoms with Crippen LogP contribution >= 0.6 is 0 Å². The summed E-state index contributed by atoms with van der Waals surface area (Å²) in [6, 6.07) is 10.2. The van der Waals surface area contributed by atoms with Crippen LogP contribution in [0.5, 0.6) is 0 Å². The Hall–Kier alpha value is -0.657. The third-order valence-electron chi connectivity index (χ3n) is 3.41. The zero-order valence-corrected chi connectivity index (χ0v) is 13.1. The molecule has 0 atom stereocenters. The van der Waals surface area contributed by atoms with Crippen LogP contribution in [0.15, 0.2) is 35.2 Å². The summed E-state index contributed by atoms with van der Waals surface area (Å²) in [4.78, 5) is 4.39. The monoisotopic (exact) mass is 323 g/mol. The molecule has 0 unspecified atom stereocenters. The Labute approximate surface area is 117 Å². The quantitative estimate of drug-likeness (QED) is 0.774. The van der Waals surface area contributed by atoms with Crippen molar-refractivity contribution >= 4 is 20.4 Å². The molecule has 3 heterocycles. The van der Waals surface area contributed by atoms with Crippen LogP contribution in [0, 0.1) is 0 Å². The van der Waals surface area contributed by atoms with Crippen molar-refractivity contribution in [1.82, 2.24) is 4.90 Å². The Kier molecular flexibility index (Phi) is 4.35. The van der Waals surface area contributed by atoms with Crippen molar-refractivity contribution in [3.63, 3.8) is 0 Å². The Morgan fingerprint density at radius 1 is 0.895 bits per heavy atom. The third kappa shape index (κ3) is 3.46. The van der Waals surface area contributed by atoms with Gasteiger partial charge in [0, 0.05) is 0 Å². The van der Waals surface area contributed by atoms with Gasteiger partial charge in [-0.3, -0.25) is 0 Å². The van der Waals surface area contributed by atoms with Crippen LogP contribution in [0.3, 0.4) is 0 Å². The molecular weight excluding hydrogens is 303 g/mol. The molecule has 0 aromatic heterocycles. The summed E-state index contributed by atoms with van der Waals surface area (Å²) in [6.45, 7) is 5.08. The van der Waals surface area contributed by atoms with Gasteiger partial charge in [-0.25, -0.2) is 0 Å².